The molecule has 120 valence electrons. The van der Waals surface area contributed by atoms with Gasteiger partial charge in [0.05, 0.1) is 4.90 Å². The van der Waals surface area contributed by atoms with E-state index < -0.39 is 10.0 Å². The monoisotopic (exact) mass is 319 g/mol. The Balaban J connectivity index is 1.88. The second-order valence-electron chi connectivity index (χ2n) is 7.00. The maximum absolute atomic E-state index is 12.8. The summed E-state index contributed by atoms with van der Waals surface area (Å²) in [6, 6.07) is 7.19. The molecule has 0 radical (unpaired) electrons. The van der Waals surface area contributed by atoms with Gasteiger partial charge in [-0.15, -0.1) is 0 Å². The molecule has 0 spiro atoms. The second kappa shape index (κ2) is 5.20. The van der Waals surface area contributed by atoms with Crippen molar-refractivity contribution in [2.45, 2.75) is 45.4 Å². The number of rotatable bonds is 4. The van der Waals surface area contributed by atoms with Crippen molar-refractivity contribution in [2.75, 3.05) is 13.1 Å². The molecule has 3 nitrogen and oxygen atoms in total. The minimum atomic E-state index is -3.35. The molecule has 0 amide bonds. The molecule has 2 unspecified atom stereocenters. The topological polar surface area (TPSA) is 37.4 Å². The molecule has 2 aliphatic rings. The number of piperidine rings is 1. The largest absolute Gasteiger partial charge is 0.243 e. The minimum absolute atomic E-state index is 0.130. The van der Waals surface area contributed by atoms with Gasteiger partial charge in [0.1, 0.15) is 0 Å². The summed E-state index contributed by atoms with van der Waals surface area (Å²) in [6.07, 6.45) is 2.18. The van der Waals surface area contributed by atoms with Gasteiger partial charge in [-0.3, -0.25) is 0 Å². The summed E-state index contributed by atoms with van der Waals surface area (Å²) in [4.78, 5) is 0.421. The number of benzene rings is 1. The van der Waals surface area contributed by atoms with Crippen LogP contribution < -0.4 is 0 Å². The Morgan fingerprint density at radius 2 is 1.91 bits per heavy atom. The van der Waals surface area contributed by atoms with Gasteiger partial charge >= 0.3 is 0 Å². The molecular formula is C18H25NO2S. The smallest absolute Gasteiger partial charge is 0.207 e. The van der Waals surface area contributed by atoms with E-state index in [1.807, 2.05) is 19.1 Å². The first-order valence-electron chi connectivity index (χ1n) is 8.05. The van der Waals surface area contributed by atoms with Crippen molar-refractivity contribution in [3.8, 4) is 0 Å². The van der Waals surface area contributed by atoms with Gasteiger partial charge in [-0.05, 0) is 51.7 Å². The molecule has 0 bridgehead atoms. The molecule has 3 rings (SSSR count). The van der Waals surface area contributed by atoms with E-state index >= 15 is 0 Å². The fourth-order valence-corrected chi connectivity index (χ4v) is 5.70. The number of allylic oxidation sites excluding steroid dienone is 1. The Morgan fingerprint density at radius 1 is 1.27 bits per heavy atom. The average molecular weight is 319 g/mol. The number of hydrogen-bond donors (Lipinski definition) is 0. The summed E-state index contributed by atoms with van der Waals surface area (Å²) in [6.45, 7) is 9.79. The van der Waals surface area contributed by atoms with Gasteiger partial charge in [0.2, 0.25) is 10.0 Å². The highest BCUT2D eigenvalue weighted by molar-refractivity contribution is 7.89. The normalized spacial score (nSPS) is 27.5. The van der Waals surface area contributed by atoms with Crippen molar-refractivity contribution in [3.63, 3.8) is 0 Å². The number of nitrogens with zero attached hydrogens (tertiary/aromatic N) is 1. The summed E-state index contributed by atoms with van der Waals surface area (Å²) in [5, 5.41) is 0. The van der Waals surface area contributed by atoms with E-state index in [9.17, 15) is 8.42 Å². The maximum atomic E-state index is 12.8. The van der Waals surface area contributed by atoms with Crippen molar-refractivity contribution in [2.24, 2.45) is 11.3 Å². The zero-order valence-corrected chi connectivity index (χ0v) is 14.7. The molecule has 1 saturated heterocycles. The lowest BCUT2D eigenvalue weighted by Gasteiger charge is -2.23. The molecule has 0 aromatic heterocycles. The third kappa shape index (κ3) is 2.33. The van der Waals surface area contributed by atoms with Crippen LogP contribution in [0.15, 0.2) is 40.3 Å². The van der Waals surface area contributed by atoms with Crippen LogP contribution in [0.3, 0.4) is 0 Å². The predicted octanol–water partition coefficient (Wildman–Crippen LogP) is 3.75. The minimum Gasteiger partial charge on any atom is -0.207 e. The third-order valence-corrected chi connectivity index (χ3v) is 7.16. The zero-order valence-electron chi connectivity index (χ0n) is 13.9. The average Bonchev–Trinajstić information content (AvgIpc) is 3.00. The highest BCUT2D eigenvalue weighted by Gasteiger charge is 2.63. The van der Waals surface area contributed by atoms with Crippen LogP contribution in [-0.4, -0.2) is 25.8 Å². The van der Waals surface area contributed by atoms with E-state index in [0.717, 1.165) is 18.4 Å². The summed E-state index contributed by atoms with van der Waals surface area (Å²) in [7, 11) is -3.35. The molecule has 2 fully saturated rings. The quantitative estimate of drug-likeness (QED) is 0.793. The van der Waals surface area contributed by atoms with Gasteiger partial charge in [0, 0.05) is 18.5 Å². The van der Waals surface area contributed by atoms with Crippen molar-refractivity contribution < 1.29 is 8.42 Å². The van der Waals surface area contributed by atoms with Gasteiger partial charge in [-0.1, -0.05) is 35.8 Å². The third-order valence-electron chi connectivity index (χ3n) is 5.33. The molecule has 4 heteroatoms. The lowest BCUT2D eigenvalue weighted by atomic mass is 9.89. The van der Waals surface area contributed by atoms with Crippen molar-refractivity contribution in [1.29, 1.82) is 0 Å². The van der Waals surface area contributed by atoms with Gasteiger partial charge in [0.15, 0.2) is 0 Å². The van der Waals surface area contributed by atoms with E-state index in [4.69, 9.17) is 0 Å². The van der Waals surface area contributed by atoms with Crippen LogP contribution in [0.5, 0.6) is 0 Å². The number of sulfonamides is 1. The molecule has 1 saturated carbocycles. The molecule has 1 heterocycles. The molecule has 1 aromatic carbocycles. The Bertz CT molecular complexity index is 714. The zero-order chi connectivity index (χ0) is 16.1. The Hall–Kier alpha value is -1.13. The van der Waals surface area contributed by atoms with E-state index in [2.05, 4.69) is 20.8 Å². The summed E-state index contributed by atoms with van der Waals surface area (Å²) >= 11 is 0. The van der Waals surface area contributed by atoms with Crippen molar-refractivity contribution in [3.05, 3.63) is 41.0 Å². The predicted molar refractivity (Wildman–Crippen MR) is 89.1 cm³/mol. The molecule has 0 N–H and O–H groups in total. The molecule has 1 aromatic rings. The molecule has 1 aliphatic carbocycles. The number of hydrogen-bond acceptors (Lipinski definition) is 2. The molecular weight excluding hydrogens is 294 g/mol. The van der Waals surface area contributed by atoms with E-state index in [1.54, 1.807) is 16.4 Å². The van der Waals surface area contributed by atoms with Crippen LogP contribution in [-0.2, 0) is 10.0 Å². The van der Waals surface area contributed by atoms with Gasteiger partial charge in [-0.2, -0.15) is 4.31 Å². The number of fused-ring (bicyclic) bond motifs is 1. The summed E-state index contributed by atoms with van der Waals surface area (Å²) in [5.74, 6) is 0.512. The van der Waals surface area contributed by atoms with E-state index in [1.165, 1.54) is 11.1 Å². The summed E-state index contributed by atoms with van der Waals surface area (Å²) < 4.78 is 27.4. The lowest BCUT2D eigenvalue weighted by Crippen LogP contribution is -2.32. The Kier molecular flexibility index (Phi) is 3.73. The van der Waals surface area contributed by atoms with Crippen LogP contribution in [0.2, 0.25) is 0 Å². The van der Waals surface area contributed by atoms with Gasteiger partial charge in [-0.25, -0.2) is 8.42 Å². The second-order valence-corrected chi connectivity index (χ2v) is 8.94. The molecule has 1 aliphatic heterocycles. The summed E-state index contributed by atoms with van der Waals surface area (Å²) in [5.41, 5.74) is 4.04. The first-order chi connectivity index (χ1) is 10.3. The molecule has 2 atom stereocenters. The standard InChI is InChI=1S/C18H25NO2S/c1-5-17(13(2)3)18-10-15(18)11-19(12-18)22(20,21)16-8-6-14(4)7-9-16/h6-9,15H,5,10-12H2,1-4H3. The Labute approximate surface area is 134 Å². The highest BCUT2D eigenvalue weighted by Crippen LogP contribution is 2.64. The highest BCUT2D eigenvalue weighted by atomic mass is 32.2. The Morgan fingerprint density at radius 3 is 2.45 bits per heavy atom. The van der Waals surface area contributed by atoms with Gasteiger partial charge in [0.25, 0.3) is 0 Å². The van der Waals surface area contributed by atoms with Crippen LogP contribution in [0.4, 0.5) is 0 Å². The maximum Gasteiger partial charge on any atom is 0.243 e. The first kappa shape index (κ1) is 15.8. The molecule has 22 heavy (non-hydrogen) atoms. The van der Waals surface area contributed by atoms with Crippen molar-refractivity contribution in [1.82, 2.24) is 4.31 Å². The lowest BCUT2D eigenvalue weighted by molar-refractivity contribution is 0.418. The SMILES string of the molecule is CCC(=C(C)C)C12CC1CN(S(=O)(=O)c1ccc(C)cc1)C2. The van der Waals surface area contributed by atoms with Crippen LogP contribution in [0, 0.1) is 18.3 Å². The van der Waals surface area contributed by atoms with Crippen LogP contribution in [0.25, 0.3) is 0 Å². The fourth-order valence-electron chi connectivity index (χ4n) is 4.15. The van der Waals surface area contributed by atoms with Crippen LogP contribution in [0.1, 0.15) is 39.2 Å². The number of aryl methyl sites for hydroxylation is 1. The van der Waals surface area contributed by atoms with Gasteiger partial charge < -0.3 is 0 Å². The van der Waals surface area contributed by atoms with E-state index in [0.29, 0.717) is 23.9 Å². The fraction of sp³-hybridized carbons (Fsp3) is 0.556. The van der Waals surface area contributed by atoms with Crippen molar-refractivity contribution >= 4 is 10.0 Å². The van der Waals surface area contributed by atoms with Crippen LogP contribution >= 0.6 is 0 Å². The first-order valence-corrected chi connectivity index (χ1v) is 9.49. The van der Waals surface area contributed by atoms with E-state index in [-0.39, 0.29) is 5.41 Å².